The summed E-state index contributed by atoms with van der Waals surface area (Å²) < 4.78 is 1.73. The predicted octanol–water partition coefficient (Wildman–Crippen LogP) is 3.13. The van der Waals surface area contributed by atoms with Crippen LogP contribution in [0, 0.1) is 18.8 Å². The fourth-order valence-corrected chi connectivity index (χ4v) is 3.49. The summed E-state index contributed by atoms with van der Waals surface area (Å²) in [5.74, 6) is 2.20. The van der Waals surface area contributed by atoms with Gasteiger partial charge in [-0.2, -0.15) is 5.10 Å². The van der Waals surface area contributed by atoms with E-state index in [4.69, 9.17) is 23.2 Å². The van der Waals surface area contributed by atoms with Gasteiger partial charge in [0.1, 0.15) is 5.15 Å². The largest absolute Gasteiger partial charge is 0.312 e. The molecule has 2 rings (SSSR count). The molecule has 1 saturated carbocycles. The van der Waals surface area contributed by atoms with Crippen LogP contribution in [0.4, 0.5) is 0 Å². The number of hydrogen-bond donors (Lipinski definition) is 1. The van der Waals surface area contributed by atoms with Crippen molar-refractivity contribution in [2.75, 3.05) is 12.4 Å². The summed E-state index contributed by atoms with van der Waals surface area (Å²) in [5, 5.41) is 8.56. The van der Waals surface area contributed by atoms with Gasteiger partial charge >= 0.3 is 0 Å². The zero-order chi connectivity index (χ0) is 13.1. The number of halogens is 2. The third kappa shape index (κ3) is 3.01. The van der Waals surface area contributed by atoms with Gasteiger partial charge in [-0.15, -0.1) is 11.6 Å². The Labute approximate surface area is 119 Å². The Bertz CT molecular complexity index is 403. The molecule has 0 radical (unpaired) electrons. The highest BCUT2D eigenvalue weighted by Crippen LogP contribution is 2.32. The second-order valence-electron chi connectivity index (χ2n) is 5.21. The van der Waals surface area contributed by atoms with Crippen molar-refractivity contribution in [2.24, 2.45) is 18.9 Å². The Balaban J connectivity index is 1.85. The molecule has 0 spiro atoms. The lowest BCUT2D eigenvalue weighted by Crippen LogP contribution is -2.25. The summed E-state index contributed by atoms with van der Waals surface area (Å²) >= 11 is 12.2. The molecular formula is C13H21Cl2N3. The minimum absolute atomic E-state index is 0.685. The van der Waals surface area contributed by atoms with Crippen LogP contribution in [0.3, 0.4) is 0 Å². The van der Waals surface area contributed by atoms with Crippen LogP contribution in [0.15, 0.2) is 0 Å². The summed E-state index contributed by atoms with van der Waals surface area (Å²) in [6, 6.07) is 0. The van der Waals surface area contributed by atoms with E-state index in [0.717, 1.165) is 41.3 Å². The lowest BCUT2D eigenvalue weighted by molar-refractivity contribution is 0.395. The summed E-state index contributed by atoms with van der Waals surface area (Å²) in [6.07, 6.45) is 3.89. The van der Waals surface area contributed by atoms with Crippen molar-refractivity contribution in [1.29, 1.82) is 0 Å². The zero-order valence-electron chi connectivity index (χ0n) is 11.0. The lowest BCUT2D eigenvalue weighted by atomic mass is 9.98. The van der Waals surface area contributed by atoms with Gasteiger partial charge in [0.15, 0.2) is 0 Å². The first-order valence-electron chi connectivity index (χ1n) is 6.58. The molecule has 1 aromatic rings. The Kier molecular flexibility index (Phi) is 4.93. The fraction of sp³-hybridized carbons (Fsp3) is 0.769. The van der Waals surface area contributed by atoms with Crippen molar-refractivity contribution < 1.29 is 0 Å². The second kappa shape index (κ2) is 6.27. The number of nitrogens with zero attached hydrogens (tertiary/aromatic N) is 2. The number of aromatic nitrogens is 2. The molecule has 2 unspecified atom stereocenters. The highest BCUT2D eigenvalue weighted by Gasteiger charge is 2.26. The third-order valence-electron chi connectivity index (χ3n) is 3.99. The van der Waals surface area contributed by atoms with Crippen molar-refractivity contribution in [1.82, 2.24) is 15.1 Å². The first-order chi connectivity index (χ1) is 8.63. The number of rotatable bonds is 5. The molecular weight excluding hydrogens is 269 g/mol. The maximum absolute atomic E-state index is 6.20. The maximum atomic E-state index is 6.20. The molecule has 2 atom stereocenters. The number of nitrogens with one attached hydrogen (secondary N) is 1. The zero-order valence-corrected chi connectivity index (χ0v) is 12.6. The van der Waals surface area contributed by atoms with E-state index in [1.165, 1.54) is 19.3 Å². The number of alkyl halides is 1. The van der Waals surface area contributed by atoms with Crippen LogP contribution in [-0.2, 0) is 13.6 Å². The molecule has 0 aromatic carbocycles. The molecule has 1 N–H and O–H groups in total. The summed E-state index contributed by atoms with van der Waals surface area (Å²) in [6.45, 7) is 3.83. The van der Waals surface area contributed by atoms with E-state index in [0.29, 0.717) is 5.92 Å². The maximum Gasteiger partial charge on any atom is 0.131 e. The molecule has 0 saturated heterocycles. The predicted molar refractivity (Wildman–Crippen MR) is 76.2 cm³/mol. The van der Waals surface area contributed by atoms with Gasteiger partial charge < -0.3 is 5.32 Å². The standard InChI is InChI=1S/C13H21Cl2N3/c1-9-12(13(15)18(2)17-9)8-16-7-11-5-3-4-10(11)6-14/h10-11,16H,3-8H2,1-2H3. The highest BCUT2D eigenvalue weighted by atomic mass is 35.5. The number of hydrogen-bond acceptors (Lipinski definition) is 2. The SMILES string of the molecule is Cc1nn(C)c(Cl)c1CNCC1CCCC1CCl. The van der Waals surface area contributed by atoms with Crippen LogP contribution in [0.25, 0.3) is 0 Å². The monoisotopic (exact) mass is 289 g/mol. The van der Waals surface area contributed by atoms with E-state index < -0.39 is 0 Å². The van der Waals surface area contributed by atoms with Crippen LogP contribution in [0.2, 0.25) is 5.15 Å². The summed E-state index contributed by atoms with van der Waals surface area (Å²) in [7, 11) is 1.87. The van der Waals surface area contributed by atoms with Crippen molar-refractivity contribution in [3.63, 3.8) is 0 Å². The molecule has 1 aliphatic carbocycles. The Morgan fingerprint density at radius 3 is 2.72 bits per heavy atom. The lowest BCUT2D eigenvalue weighted by Gasteiger charge is -2.17. The van der Waals surface area contributed by atoms with Gasteiger partial charge in [0.25, 0.3) is 0 Å². The molecule has 1 aromatic heterocycles. The van der Waals surface area contributed by atoms with E-state index in [2.05, 4.69) is 10.4 Å². The Morgan fingerprint density at radius 2 is 2.11 bits per heavy atom. The normalized spacial score (nSPS) is 23.8. The van der Waals surface area contributed by atoms with Crippen LogP contribution in [0.5, 0.6) is 0 Å². The Hall–Kier alpha value is -0.250. The van der Waals surface area contributed by atoms with Gasteiger partial charge in [0.05, 0.1) is 5.69 Å². The van der Waals surface area contributed by atoms with Crippen LogP contribution in [0.1, 0.15) is 30.5 Å². The van der Waals surface area contributed by atoms with E-state index in [-0.39, 0.29) is 0 Å². The van der Waals surface area contributed by atoms with Gasteiger partial charge in [0, 0.05) is 25.0 Å². The Morgan fingerprint density at radius 1 is 1.39 bits per heavy atom. The van der Waals surface area contributed by atoms with Crippen molar-refractivity contribution in [3.8, 4) is 0 Å². The van der Waals surface area contributed by atoms with E-state index >= 15 is 0 Å². The van der Waals surface area contributed by atoms with Crippen molar-refractivity contribution in [3.05, 3.63) is 16.4 Å². The van der Waals surface area contributed by atoms with Gasteiger partial charge in [-0.1, -0.05) is 18.0 Å². The highest BCUT2D eigenvalue weighted by molar-refractivity contribution is 6.30. The van der Waals surface area contributed by atoms with E-state index in [1.54, 1.807) is 4.68 Å². The average molecular weight is 290 g/mol. The molecule has 1 heterocycles. The fourth-order valence-electron chi connectivity index (χ4n) is 2.84. The van der Waals surface area contributed by atoms with Gasteiger partial charge in [-0.3, -0.25) is 4.68 Å². The van der Waals surface area contributed by atoms with Crippen LogP contribution < -0.4 is 5.32 Å². The molecule has 1 aliphatic rings. The average Bonchev–Trinajstić information content (AvgIpc) is 2.89. The smallest absolute Gasteiger partial charge is 0.131 e. The van der Waals surface area contributed by atoms with Gasteiger partial charge in [0.2, 0.25) is 0 Å². The minimum atomic E-state index is 0.685. The molecule has 0 bridgehead atoms. The molecule has 0 aliphatic heterocycles. The molecule has 102 valence electrons. The van der Waals surface area contributed by atoms with Crippen LogP contribution >= 0.6 is 23.2 Å². The molecule has 5 heteroatoms. The topological polar surface area (TPSA) is 29.9 Å². The summed E-state index contributed by atoms with van der Waals surface area (Å²) in [5.41, 5.74) is 2.12. The first-order valence-corrected chi connectivity index (χ1v) is 7.49. The van der Waals surface area contributed by atoms with Gasteiger partial charge in [-0.05, 0) is 38.1 Å². The van der Waals surface area contributed by atoms with E-state index in [9.17, 15) is 0 Å². The van der Waals surface area contributed by atoms with E-state index in [1.807, 2.05) is 14.0 Å². The quantitative estimate of drug-likeness (QED) is 0.844. The first kappa shape index (κ1) is 14.2. The molecule has 1 fully saturated rings. The second-order valence-corrected chi connectivity index (χ2v) is 5.88. The molecule has 18 heavy (non-hydrogen) atoms. The third-order valence-corrected chi connectivity index (χ3v) is 4.86. The summed E-state index contributed by atoms with van der Waals surface area (Å²) in [4.78, 5) is 0. The molecule has 0 amide bonds. The molecule has 3 nitrogen and oxygen atoms in total. The van der Waals surface area contributed by atoms with Crippen LogP contribution in [-0.4, -0.2) is 22.2 Å². The van der Waals surface area contributed by atoms with Gasteiger partial charge in [-0.25, -0.2) is 0 Å². The van der Waals surface area contributed by atoms with Crippen molar-refractivity contribution in [2.45, 2.75) is 32.7 Å². The minimum Gasteiger partial charge on any atom is -0.312 e. The number of aryl methyl sites for hydroxylation is 2. The van der Waals surface area contributed by atoms with Crippen molar-refractivity contribution >= 4 is 23.2 Å².